The molecule has 2 N–H and O–H groups in total. The Balaban J connectivity index is 1.49. The first-order valence-corrected chi connectivity index (χ1v) is 8.42. The number of hydrogen-bond donors (Lipinski definition) is 2. The number of carboxylic acid groups (broad SMARTS) is 1. The number of anilines is 1. The molecule has 2 aliphatic rings. The Morgan fingerprint density at radius 3 is 2.32 bits per heavy atom. The van der Waals surface area contributed by atoms with E-state index in [4.69, 9.17) is 4.42 Å². The molecule has 0 radical (unpaired) electrons. The second kappa shape index (κ2) is 5.92. The van der Waals surface area contributed by atoms with Crippen LogP contribution in [0.2, 0.25) is 0 Å². The van der Waals surface area contributed by atoms with Crippen LogP contribution in [0.15, 0.2) is 53.0 Å². The number of hydrogen-bond acceptors (Lipinski definition) is 3. The summed E-state index contributed by atoms with van der Waals surface area (Å²) in [7, 11) is 0. The minimum atomic E-state index is -0.888. The third-order valence-electron chi connectivity index (χ3n) is 5.22. The topological polar surface area (TPSA) is 79.5 Å². The van der Waals surface area contributed by atoms with Gasteiger partial charge in [-0.3, -0.25) is 9.59 Å². The van der Waals surface area contributed by atoms with Crippen LogP contribution in [0.3, 0.4) is 0 Å². The van der Waals surface area contributed by atoms with Gasteiger partial charge < -0.3 is 14.8 Å². The third kappa shape index (κ3) is 2.76. The maximum atomic E-state index is 12.7. The van der Waals surface area contributed by atoms with E-state index in [0.29, 0.717) is 5.69 Å². The van der Waals surface area contributed by atoms with Crippen molar-refractivity contribution in [3.63, 3.8) is 0 Å². The number of furan rings is 1. The van der Waals surface area contributed by atoms with Gasteiger partial charge in [0.1, 0.15) is 11.5 Å². The highest BCUT2D eigenvalue weighted by molar-refractivity contribution is 5.96. The summed E-state index contributed by atoms with van der Waals surface area (Å²) >= 11 is 0. The normalized spacial score (nSPS) is 26.8. The highest BCUT2D eigenvalue weighted by atomic mass is 16.4. The molecular formula is C20H19NO4. The number of rotatable bonds is 4. The Bertz CT molecular complexity index is 849. The summed E-state index contributed by atoms with van der Waals surface area (Å²) in [4.78, 5) is 24.2. The van der Waals surface area contributed by atoms with E-state index in [1.807, 2.05) is 55.5 Å². The lowest BCUT2D eigenvalue weighted by Gasteiger charge is -2.23. The molecule has 1 heterocycles. The van der Waals surface area contributed by atoms with Crippen LogP contribution in [0.4, 0.5) is 5.69 Å². The van der Waals surface area contributed by atoms with Crippen LogP contribution < -0.4 is 5.32 Å². The lowest BCUT2D eigenvalue weighted by molar-refractivity contribution is -0.146. The zero-order valence-corrected chi connectivity index (χ0v) is 13.8. The molecule has 4 rings (SSSR count). The zero-order chi connectivity index (χ0) is 17.6. The largest absolute Gasteiger partial charge is 0.481 e. The van der Waals surface area contributed by atoms with Crippen LogP contribution in [-0.2, 0) is 9.59 Å². The first-order valence-electron chi connectivity index (χ1n) is 8.42. The number of allylic oxidation sites excluding steroid dienone is 2. The highest BCUT2D eigenvalue weighted by Crippen LogP contribution is 2.48. The van der Waals surface area contributed by atoms with Crippen molar-refractivity contribution >= 4 is 17.6 Å². The fourth-order valence-corrected chi connectivity index (χ4v) is 4.05. The molecule has 128 valence electrons. The summed E-state index contributed by atoms with van der Waals surface area (Å²) < 4.78 is 5.59. The smallest absolute Gasteiger partial charge is 0.307 e. The van der Waals surface area contributed by atoms with Crippen molar-refractivity contribution < 1.29 is 19.1 Å². The molecule has 5 nitrogen and oxygen atoms in total. The lowest BCUT2D eigenvalue weighted by atomic mass is 9.82. The molecule has 1 fully saturated rings. The van der Waals surface area contributed by atoms with E-state index < -0.39 is 17.8 Å². The van der Waals surface area contributed by atoms with E-state index in [1.54, 1.807) is 0 Å². The fourth-order valence-electron chi connectivity index (χ4n) is 4.05. The van der Waals surface area contributed by atoms with Crippen LogP contribution >= 0.6 is 0 Å². The van der Waals surface area contributed by atoms with Gasteiger partial charge >= 0.3 is 5.97 Å². The Kier molecular flexibility index (Phi) is 3.71. The van der Waals surface area contributed by atoms with Crippen molar-refractivity contribution in [2.24, 2.45) is 23.7 Å². The van der Waals surface area contributed by atoms with Gasteiger partial charge in [-0.1, -0.05) is 12.2 Å². The molecule has 1 amide bonds. The summed E-state index contributed by atoms with van der Waals surface area (Å²) in [5.74, 6) is -0.609. The number of fused-ring (bicyclic) bond motifs is 2. The minimum absolute atomic E-state index is 0.0245. The van der Waals surface area contributed by atoms with Crippen molar-refractivity contribution in [1.29, 1.82) is 0 Å². The number of aliphatic carboxylic acids is 1. The van der Waals surface area contributed by atoms with E-state index in [0.717, 1.165) is 23.5 Å². The van der Waals surface area contributed by atoms with Gasteiger partial charge in [-0.05, 0) is 61.6 Å². The molecule has 4 atom stereocenters. The van der Waals surface area contributed by atoms with Crippen molar-refractivity contribution in [3.8, 4) is 11.3 Å². The van der Waals surface area contributed by atoms with E-state index in [-0.39, 0.29) is 17.7 Å². The van der Waals surface area contributed by atoms with Crippen LogP contribution in [0, 0.1) is 30.6 Å². The standard InChI is InChI=1S/C20H19NO4/c1-11-2-9-16(25-11)12-5-7-15(8-6-12)21-19(22)17-13-3-4-14(10-13)18(17)20(23)24/h2-9,13-14,17-18H,10H2,1H3,(H,21,22)(H,23,24)/t13-,14-,17-,18+/m0/s1. The highest BCUT2D eigenvalue weighted by Gasteiger charge is 2.51. The van der Waals surface area contributed by atoms with Gasteiger partial charge in [-0.2, -0.15) is 0 Å². The lowest BCUT2D eigenvalue weighted by Crippen LogP contribution is -2.36. The Labute approximate surface area is 145 Å². The van der Waals surface area contributed by atoms with Crippen molar-refractivity contribution in [2.45, 2.75) is 13.3 Å². The maximum absolute atomic E-state index is 12.7. The predicted octanol–water partition coefficient (Wildman–Crippen LogP) is 3.72. The number of benzene rings is 1. The summed E-state index contributed by atoms with van der Waals surface area (Å²) in [6, 6.07) is 11.2. The Hall–Kier alpha value is -2.82. The van der Waals surface area contributed by atoms with Gasteiger partial charge in [0, 0.05) is 11.3 Å². The molecular weight excluding hydrogens is 318 g/mol. The quantitative estimate of drug-likeness (QED) is 0.834. The number of aryl methyl sites for hydroxylation is 1. The molecule has 5 heteroatoms. The fraction of sp³-hybridized carbons (Fsp3) is 0.300. The van der Waals surface area contributed by atoms with Crippen LogP contribution in [0.5, 0.6) is 0 Å². The van der Waals surface area contributed by atoms with Gasteiger partial charge in [0.2, 0.25) is 5.91 Å². The predicted molar refractivity (Wildman–Crippen MR) is 92.9 cm³/mol. The van der Waals surface area contributed by atoms with Crippen LogP contribution in [0.25, 0.3) is 11.3 Å². The Morgan fingerprint density at radius 2 is 1.72 bits per heavy atom. The van der Waals surface area contributed by atoms with Crippen LogP contribution in [0.1, 0.15) is 12.2 Å². The van der Waals surface area contributed by atoms with Gasteiger partial charge in [0.05, 0.1) is 11.8 Å². The molecule has 1 aromatic heterocycles. The summed E-state index contributed by atoms with van der Waals surface area (Å²) in [5.41, 5.74) is 1.59. The van der Waals surface area contributed by atoms with Crippen molar-refractivity contribution in [3.05, 3.63) is 54.3 Å². The summed E-state index contributed by atoms with van der Waals surface area (Å²) in [5, 5.41) is 12.3. The second-order valence-electron chi connectivity index (χ2n) is 6.82. The van der Waals surface area contributed by atoms with E-state index in [2.05, 4.69) is 5.32 Å². The summed E-state index contributed by atoms with van der Waals surface area (Å²) in [6.45, 7) is 1.89. The second-order valence-corrected chi connectivity index (χ2v) is 6.82. The number of carbonyl (C=O) groups is 2. The van der Waals surface area contributed by atoms with E-state index in [1.165, 1.54) is 0 Å². The number of carbonyl (C=O) groups excluding carboxylic acids is 1. The number of nitrogens with one attached hydrogen (secondary N) is 1. The van der Waals surface area contributed by atoms with E-state index >= 15 is 0 Å². The average molecular weight is 337 g/mol. The average Bonchev–Trinajstić information content (AvgIpc) is 3.30. The van der Waals surface area contributed by atoms with Crippen molar-refractivity contribution in [1.82, 2.24) is 0 Å². The van der Waals surface area contributed by atoms with Gasteiger partial charge in [0.15, 0.2) is 0 Å². The van der Waals surface area contributed by atoms with Gasteiger partial charge in [-0.15, -0.1) is 0 Å². The molecule has 1 aromatic carbocycles. The minimum Gasteiger partial charge on any atom is -0.481 e. The monoisotopic (exact) mass is 337 g/mol. The maximum Gasteiger partial charge on any atom is 0.307 e. The molecule has 0 saturated heterocycles. The van der Waals surface area contributed by atoms with Gasteiger partial charge in [0.25, 0.3) is 0 Å². The molecule has 2 aliphatic carbocycles. The zero-order valence-electron chi connectivity index (χ0n) is 13.8. The summed E-state index contributed by atoms with van der Waals surface area (Å²) in [6.07, 6.45) is 4.68. The van der Waals surface area contributed by atoms with Crippen LogP contribution in [-0.4, -0.2) is 17.0 Å². The van der Waals surface area contributed by atoms with E-state index in [9.17, 15) is 14.7 Å². The third-order valence-corrected chi connectivity index (χ3v) is 5.22. The first-order chi connectivity index (χ1) is 12.0. The SMILES string of the molecule is Cc1ccc(-c2ccc(NC(=O)[C@@H]3[C@H](C(=O)O)[C@H]4C=C[C@H]3C4)cc2)o1. The number of amides is 1. The molecule has 0 aliphatic heterocycles. The first kappa shape index (κ1) is 15.7. The van der Waals surface area contributed by atoms with Gasteiger partial charge in [-0.25, -0.2) is 0 Å². The Morgan fingerprint density at radius 1 is 1.04 bits per heavy atom. The molecule has 2 aromatic rings. The molecule has 1 saturated carbocycles. The molecule has 25 heavy (non-hydrogen) atoms. The number of carboxylic acids is 1. The molecule has 0 spiro atoms. The molecule has 2 bridgehead atoms. The van der Waals surface area contributed by atoms with Crippen molar-refractivity contribution in [2.75, 3.05) is 5.32 Å². The molecule has 0 unspecified atom stereocenters.